The van der Waals surface area contributed by atoms with E-state index in [0.717, 1.165) is 36.9 Å². The number of nitrogens with one attached hydrogen (secondary N) is 1. The summed E-state index contributed by atoms with van der Waals surface area (Å²) in [5.41, 5.74) is 2.60. The summed E-state index contributed by atoms with van der Waals surface area (Å²) in [4.78, 5) is 12.3. The number of benzene rings is 1. The Hall–Kier alpha value is -1.19. The van der Waals surface area contributed by atoms with Gasteiger partial charge in [-0.3, -0.25) is 9.89 Å². The van der Waals surface area contributed by atoms with E-state index in [2.05, 4.69) is 5.10 Å². The summed E-state index contributed by atoms with van der Waals surface area (Å²) >= 11 is 12.0. The standard InChI is InChI=1S/C13H12Cl2N2O/c14-8-5-6-12(10(15)7-8)17-13(18)9-3-1-2-4-11(9)16-17/h5-7,16H,1-4H2. The molecule has 0 saturated heterocycles. The smallest absolute Gasteiger partial charge is 0.274 e. The molecule has 3 rings (SSSR count). The van der Waals surface area contributed by atoms with Crippen LogP contribution in [0.25, 0.3) is 5.69 Å². The van der Waals surface area contributed by atoms with Gasteiger partial charge in [0.15, 0.2) is 0 Å². The molecular weight excluding hydrogens is 271 g/mol. The van der Waals surface area contributed by atoms with Gasteiger partial charge in [0.05, 0.1) is 10.7 Å². The molecule has 1 aliphatic rings. The zero-order chi connectivity index (χ0) is 12.7. The van der Waals surface area contributed by atoms with E-state index in [1.165, 1.54) is 4.68 Å². The largest absolute Gasteiger partial charge is 0.295 e. The van der Waals surface area contributed by atoms with Crippen molar-refractivity contribution in [2.75, 3.05) is 0 Å². The molecule has 18 heavy (non-hydrogen) atoms. The number of halogens is 2. The topological polar surface area (TPSA) is 37.8 Å². The fourth-order valence-electron chi connectivity index (χ4n) is 2.42. The summed E-state index contributed by atoms with van der Waals surface area (Å²) in [7, 11) is 0. The van der Waals surface area contributed by atoms with E-state index in [-0.39, 0.29) is 5.56 Å². The lowest BCUT2D eigenvalue weighted by Crippen LogP contribution is -2.18. The van der Waals surface area contributed by atoms with Crippen molar-refractivity contribution in [3.05, 3.63) is 49.9 Å². The van der Waals surface area contributed by atoms with Gasteiger partial charge in [0.25, 0.3) is 5.56 Å². The van der Waals surface area contributed by atoms with Gasteiger partial charge >= 0.3 is 0 Å². The highest BCUT2D eigenvalue weighted by Crippen LogP contribution is 2.24. The minimum atomic E-state index is 0.00826. The van der Waals surface area contributed by atoms with Gasteiger partial charge in [0.1, 0.15) is 0 Å². The van der Waals surface area contributed by atoms with Crippen LogP contribution in [-0.2, 0) is 12.8 Å². The van der Waals surface area contributed by atoms with Gasteiger partial charge in [-0.25, -0.2) is 4.68 Å². The second kappa shape index (κ2) is 4.48. The Morgan fingerprint density at radius 1 is 1.17 bits per heavy atom. The highest BCUT2D eigenvalue weighted by molar-refractivity contribution is 6.35. The second-order valence-electron chi connectivity index (χ2n) is 4.51. The summed E-state index contributed by atoms with van der Waals surface area (Å²) in [5.74, 6) is 0. The quantitative estimate of drug-likeness (QED) is 0.856. The number of hydrogen-bond donors (Lipinski definition) is 1. The number of fused-ring (bicyclic) bond motifs is 1. The first-order chi connectivity index (χ1) is 8.66. The maximum Gasteiger partial charge on any atom is 0.274 e. The summed E-state index contributed by atoms with van der Waals surface area (Å²) in [6.45, 7) is 0. The van der Waals surface area contributed by atoms with Crippen LogP contribution < -0.4 is 5.56 Å². The van der Waals surface area contributed by atoms with Gasteiger partial charge in [-0.05, 0) is 43.9 Å². The van der Waals surface area contributed by atoms with Gasteiger partial charge in [0, 0.05) is 16.3 Å². The SMILES string of the molecule is O=c1c2c([nH]n1-c1ccc(Cl)cc1Cl)CCCC2. The summed E-state index contributed by atoms with van der Waals surface area (Å²) in [5, 5.41) is 4.19. The molecule has 0 atom stereocenters. The van der Waals surface area contributed by atoms with E-state index in [1.54, 1.807) is 18.2 Å². The molecule has 0 fully saturated rings. The third kappa shape index (κ3) is 1.88. The van der Waals surface area contributed by atoms with E-state index < -0.39 is 0 Å². The molecule has 0 amide bonds. The fourth-order valence-corrected chi connectivity index (χ4v) is 2.91. The maximum atomic E-state index is 12.3. The highest BCUT2D eigenvalue weighted by atomic mass is 35.5. The minimum Gasteiger partial charge on any atom is -0.295 e. The molecule has 1 aromatic carbocycles. The molecule has 0 aliphatic heterocycles. The van der Waals surface area contributed by atoms with Crippen molar-refractivity contribution < 1.29 is 0 Å². The Kier molecular flexibility index (Phi) is 2.96. The minimum absolute atomic E-state index is 0.00826. The lowest BCUT2D eigenvalue weighted by atomic mass is 9.98. The molecule has 1 aliphatic carbocycles. The number of aromatic amines is 1. The lowest BCUT2D eigenvalue weighted by Gasteiger charge is -2.07. The normalized spacial score (nSPS) is 14.6. The van der Waals surface area contributed by atoms with Gasteiger partial charge in [-0.15, -0.1) is 0 Å². The molecule has 1 N–H and O–H groups in total. The van der Waals surface area contributed by atoms with Crippen LogP contribution in [0.4, 0.5) is 0 Å². The van der Waals surface area contributed by atoms with Crippen LogP contribution in [0.3, 0.4) is 0 Å². The first-order valence-electron chi connectivity index (χ1n) is 5.95. The predicted octanol–water partition coefficient (Wildman–Crippen LogP) is 3.35. The Bertz CT molecular complexity index is 657. The molecule has 0 bridgehead atoms. The number of hydrogen-bond acceptors (Lipinski definition) is 1. The van der Waals surface area contributed by atoms with E-state index in [0.29, 0.717) is 15.7 Å². The molecule has 0 unspecified atom stereocenters. The van der Waals surface area contributed by atoms with E-state index in [9.17, 15) is 4.79 Å². The lowest BCUT2D eigenvalue weighted by molar-refractivity contribution is 0.671. The van der Waals surface area contributed by atoms with Gasteiger partial charge in [0.2, 0.25) is 0 Å². The third-order valence-corrected chi connectivity index (χ3v) is 3.86. The zero-order valence-electron chi connectivity index (χ0n) is 9.67. The van der Waals surface area contributed by atoms with Crippen molar-refractivity contribution in [3.8, 4) is 5.69 Å². The Morgan fingerprint density at radius 3 is 2.67 bits per heavy atom. The number of aromatic nitrogens is 2. The third-order valence-electron chi connectivity index (χ3n) is 3.33. The van der Waals surface area contributed by atoms with Crippen LogP contribution >= 0.6 is 23.2 Å². The van der Waals surface area contributed by atoms with Crippen molar-refractivity contribution in [1.82, 2.24) is 9.78 Å². The molecule has 5 heteroatoms. The fraction of sp³-hybridized carbons (Fsp3) is 0.308. The number of nitrogens with zero attached hydrogens (tertiary/aromatic N) is 1. The van der Waals surface area contributed by atoms with Gasteiger partial charge < -0.3 is 0 Å². The second-order valence-corrected chi connectivity index (χ2v) is 5.36. The van der Waals surface area contributed by atoms with Gasteiger partial charge in [-0.1, -0.05) is 23.2 Å². The number of aryl methyl sites for hydroxylation is 1. The van der Waals surface area contributed by atoms with Crippen molar-refractivity contribution in [1.29, 1.82) is 0 Å². The highest BCUT2D eigenvalue weighted by Gasteiger charge is 2.19. The molecule has 94 valence electrons. The van der Waals surface area contributed by atoms with Crippen molar-refractivity contribution in [3.63, 3.8) is 0 Å². The van der Waals surface area contributed by atoms with Crippen LogP contribution in [0.2, 0.25) is 10.0 Å². The summed E-state index contributed by atoms with van der Waals surface area (Å²) in [6, 6.07) is 5.13. The molecule has 1 heterocycles. The van der Waals surface area contributed by atoms with E-state index >= 15 is 0 Å². The Balaban J connectivity index is 2.17. The van der Waals surface area contributed by atoms with Crippen LogP contribution in [0.15, 0.2) is 23.0 Å². The predicted molar refractivity (Wildman–Crippen MR) is 73.1 cm³/mol. The van der Waals surface area contributed by atoms with Crippen LogP contribution in [0, 0.1) is 0 Å². The molecule has 0 saturated carbocycles. The van der Waals surface area contributed by atoms with Crippen molar-refractivity contribution in [2.24, 2.45) is 0 Å². The number of H-pyrrole nitrogens is 1. The number of rotatable bonds is 1. The first-order valence-corrected chi connectivity index (χ1v) is 6.70. The molecule has 2 aromatic rings. The molecule has 0 spiro atoms. The molecular formula is C13H12Cl2N2O. The summed E-state index contributed by atoms with van der Waals surface area (Å²) in [6.07, 6.45) is 3.99. The average Bonchev–Trinajstić information content (AvgIpc) is 2.68. The summed E-state index contributed by atoms with van der Waals surface area (Å²) < 4.78 is 1.52. The Labute approximate surface area is 114 Å². The van der Waals surface area contributed by atoms with Crippen molar-refractivity contribution in [2.45, 2.75) is 25.7 Å². The van der Waals surface area contributed by atoms with Crippen LogP contribution in [-0.4, -0.2) is 9.78 Å². The van der Waals surface area contributed by atoms with Crippen molar-refractivity contribution >= 4 is 23.2 Å². The first kappa shape index (κ1) is 11.9. The maximum absolute atomic E-state index is 12.3. The monoisotopic (exact) mass is 282 g/mol. The molecule has 1 aromatic heterocycles. The molecule has 3 nitrogen and oxygen atoms in total. The van der Waals surface area contributed by atoms with Crippen LogP contribution in [0.5, 0.6) is 0 Å². The Morgan fingerprint density at radius 2 is 1.94 bits per heavy atom. The van der Waals surface area contributed by atoms with E-state index in [1.807, 2.05) is 0 Å². The van der Waals surface area contributed by atoms with E-state index in [4.69, 9.17) is 23.2 Å². The van der Waals surface area contributed by atoms with Crippen LogP contribution in [0.1, 0.15) is 24.1 Å². The van der Waals surface area contributed by atoms with Gasteiger partial charge in [-0.2, -0.15) is 0 Å². The average molecular weight is 283 g/mol. The zero-order valence-corrected chi connectivity index (χ0v) is 11.2. The molecule has 0 radical (unpaired) electrons.